The summed E-state index contributed by atoms with van der Waals surface area (Å²) in [7, 11) is 0. The first-order valence-electron chi connectivity index (χ1n) is 11.3. The van der Waals surface area contributed by atoms with E-state index in [1.54, 1.807) is 0 Å². The van der Waals surface area contributed by atoms with E-state index in [9.17, 15) is 5.11 Å². The molecule has 1 atom stereocenters. The normalized spacial score (nSPS) is 23.6. The molecule has 0 bridgehead atoms. The van der Waals surface area contributed by atoms with Crippen LogP contribution in [0.25, 0.3) is 0 Å². The lowest BCUT2D eigenvalue weighted by molar-refractivity contribution is -0.0000799. The van der Waals surface area contributed by atoms with Gasteiger partial charge in [0.15, 0.2) is 0 Å². The molecule has 1 N–H and O–H groups in total. The van der Waals surface area contributed by atoms with Gasteiger partial charge in [-0.05, 0) is 89.2 Å². The maximum atomic E-state index is 9.68. The number of piperazine rings is 1. The fourth-order valence-corrected chi connectivity index (χ4v) is 5.13. The Morgan fingerprint density at radius 3 is 2.29 bits per heavy atom. The molecule has 2 aliphatic heterocycles. The quantitative estimate of drug-likeness (QED) is 0.811. The van der Waals surface area contributed by atoms with Crippen LogP contribution in [0.15, 0.2) is 12.1 Å². The van der Waals surface area contributed by atoms with Crippen molar-refractivity contribution in [3.05, 3.63) is 34.4 Å². The molecule has 28 heavy (non-hydrogen) atoms. The summed E-state index contributed by atoms with van der Waals surface area (Å²) in [6.45, 7) is 18.4. The van der Waals surface area contributed by atoms with Gasteiger partial charge in [0.05, 0.1) is 0 Å². The molecule has 1 aromatic rings. The van der Waals surface area contributed by atoms with E-state index < -0.39 is 0 Å². The number of aliphatic hydroxyl groups excluding tert-OH is 1. The van der Waals surface area contributed by atoms with Crippen molar-refractivity contribution >= 4 is 0 Å². The van der Waals surface area contributed by atoms with Crippen LogP contribution >= 0.6 is 0 Å². The van der Waals surface area contributed by atoms with E-state index in [-0.39, 0.29) is 0 Å². The van der Waals surface area contributed by atoms with Crippen LogP contribution in [-0.4, -0.2) is 77.3 Å². The fraction of sp³-hybridized carbons (Fsp3) is 0.750. The molecule has 0 aromatic heterocycles. The highest BCUT2D eigenvalue weighted by atomic mass is 16.3. The molecule has 1 aromatic carbocycles. The highest BCUT2D eigenvalue weighted by Gasteiger charge is 2.33. The van der Waals surface area contributed by atoms with E-state index >= 15 is 0 Å². The first-order valence-corrected chi connectivity index (χ1v) is 11.3. The lowest BCUT2D eigenvalue weighted by Gasteiger charge is -2.48. The minimum Gasteiger partial charge on any atom is -0.396 e. The number of benzene rings is 1. The molecular formula is C24H41N3O. The largest absolute Gasteiger partial charge is 0.396 e. The van der Waals surface area contributed by atoms with Crippen LogP contribution in [-0.2, 0) is 6.54 Å². The molecule has 2 heterocycles. The van der Waals surface area contributed by atoms with E-state index in [4.69, 9.17) is 0 Å². The van der Waals surface area contributed by atoms with Gasteiger partial charge >= 0.3 is 0 Å². The lowest BCUT2D eigenvalue weighted by Crippen LogP contribution is -2.58. The fourth-order valence-electron chi connectivity index (χ4n) is 5.13. The minimum atomic E-state index is 0.294. The zero-order valence-electron chi connectivity index (χ0n) is 18.7. The van der Waals surface area contributed by atoms with Crippen LogP contribution in [0.2, 0.25) is 0 Å². The Bertz CT molecular complexity index is 637. The van der Waals surface area contributed by atoms with Gasteiger partial charge < -0.3 is 10.0 Å². The molecule has 4 nitrogen and oxygen atoms in total. The molecule has 2 fully saturated rings. The average molecular weight is 388 g/mol. The minimum absolute atomic E-state index is 0.294. The maximum absolute atomic E-state index is 9.68. The summed E-state index contributed by atoms with van der Waals surface area (Å²) >= 11 is 0. The summed E-state index contributed by atoms with van der Waals surface area (Å²) in [5, 5.41) is 9.68. The Hall–Kier alpha value is -0.940. The Balaban J connectivity index is 1.62. The number of aliphatic hydroxyl groups is 1. The number of aryl methyl sites for hydroxylation is 3. The number of likely N-dealkylation sites (tertiary alicyclic amines) is 1. The summed E-state index contributed by atoms with van der Waals surface area (Å²) < 4.78 is 0. The molecule has 0 spiro atoms. The van der Waals surface area contributed by atoms with E-state index in [1.807, 2.05) is 0 Å². The van der Waals surface area contributed by atoms with Crippen LogP contribution in [0.5, 0.6) is 0 Å². The predicted octanol–water partition coefficient (Wildman–Crippen LogP) is 3.35. The molecule has 3 rings (SSSR count). The molecular weight excluding hydrogens is 346 g/mol. The Labute approximate surface area is 172 Å². The third kappa shape index (κ3) is 5.15. The van der Waals surface area contributed by atoms with Gasteiger partial charge in [0.25, 0.3) is 0 Å². The van der Waals surface area contributed by atoms with Gasteiger partial charge in [-0.25, -0.2) is 0 Å². The molecule has 1 unspecified atom stereocenters. The Kier molecular flexibility index (Phi) is 7.54. The highest BCUT2D eigenvalue weighted by molar-refractivity contribution is 5.36. The Morgan fingerprint density at radius 1 is 0.964 bits per heavy atom. The van der Waals surface area contributed by atoms with Crippen molar-refractivity contribution in [3.63, 3.8) is 0 Å². The third-order valence-electron chi connectivity index (χ3n) is 7.12. The third-order valence-corrected chi connectivity index (χ3v) is 7.12. The van der Waals surface area contributed by atoms with Gasteiger partial charge in [0.2, 0.25) is 0 Å². The molecule has 0 radical (unpaired) electrons. The number of nitrogens with zero attached hydrogens (tertiary/aromatic N) is 3. The second-order valence-electron chi connectivity index (χ2n) is 9.36. The first kappa shape index (κ1) is 21.8. The van der Waals surface area contributed by atoms with Crippen LogP contribution in [0.1, 0.15) is 55.4 Å². The molecule has 158 valence electrons. The van der Waals surface area contributed by atoms with Crippen LogP contribution in [0, 0.1) is 20.8 Å². The van der Waals surface area contributed by atoms with Crippen molar-refractivity contribution in [2.75, 3.05) is 39.3 Å². The summed E-state index contributed by atoms with van der Waals surface area (Å²) in [6.07, 6.45) is 3.44. The van der Waals surface area contributed by atoms with Crippen molar-refractivity contribution in [2.24, 2.45) is 0 Å². The topological polar surface area (TPSA) is 30.0 Å². The number of piperidine rings is 1. The van der Waals surface area contributed by atoms with E-state index in [1.165, 1.54) is 48.2 Å². The van der Waals surface area contributed by atoms with Gasteiger partial charge in [-0.1, -0.05) is 12.1 Å². The van der Waals surface area contributed by atoms with Gasteiger partial charge in [-0.3, -0.25) is 9.80 Å². The standard InChI is InChI=1S/C24H41N3O/c1-18(2)26-9-6-23(7-10-26)27-12-11-25(17-24(27)8-13-28)16-22-15-20(4)19(3)14-21(22)5/h14-15,18,23-24,28H,6-13,16-17H2,1-5H3. The van der Waals surface area contributed by atoms with E-state index in [0.29, 0.717) is 24.7 Å². The van der Waals surface area contributed by atoms with Crippen LogP contribution < -0.4 is 0 Å². The summed E-state index contributed by atoms with van der Waals surface area (Å²) in [4.78, 5) is 7.95. The molecule has 0 saturated carbocycles. The SMILES string of the molecule is Cc1cc(C)c(CN2CCN(C3CCN(C(C)C)CC3)C(CCO)C2)cc1C. The second-order valence-corrected chi connectivity index (χ2v) is 9.36. The average Bonchev–Trinajstić information content (AvgIpc) is 2.67. The first-order chi connectivity index (χ1) is 13.4. The Morgan fingerprint density at radius 2 is 1.64 bits per heavy atom. The molecule has 0 amide bonds. The van der Waals surface area contributed by atoms with Crippen LogP contribution in [0.3, 0.4) is 0 Å². The smallest absolute Gasteiger partial charge is 0.0446 e. The highest BCUT2D eigenvalue weighted by Crippen LogP contribution is 2.26. The second kappa shape index (κ2) is 9.71. The number of rotatable bonds is 6. The van der Waals surface area contributed by atoms with Crippen molar-refractivity contribution in [3.8, 4) is 0 Å². The van der Waals surface area contributed by atoms with Crippen molar-refractivity contribution in [1.29, 1.82) is 0 Å². The zero-order valence-corrected chi connectivity index (χ0v) is 18.7. The summed E-state index contributed by atoms with van der Waals surface area (Å²) in [5.74, 6) is 0. The van der Waals surface area contributed by atoms with Gasteiger partial charge in [-0.2, -0.15) is 0 Å². The van der Waals surface area contributed by atoms with Gasteiger partial charge in [0.1, 0.15) is 0 Å². The van der Waals surface area contributed by atoms with E-state index in [0.717, 1.165) is 32.6 Å². The summed E-state index contributed by atoms with van der Waals surface area (Å²) in [5.41, 5.74) is 5.65. The van der Waals surface area contributed by atoms with Gasteiger partial charge in [0, 0.05) is 50.9 Å². The van der Waals surface area contributed by atoms with Crippen molar-refractivity contribution in [2.45, 2.75) is 78.6 Å². The van der Waals surface area contributed by atoms with Gasteiger partial charge in [-0.15, -0.1) is 0 Å². The van der Waals surface area contributed by atoms with E-state index in [2.05, 4.69) is 61.5 Å². The summed E-state index contributed by atoms with van der Waals surface area (Å²) in [6, 6.07) is 6.54. The number of hydrogen-bond donors (Lipinski definition) is 1. The van der Waals surface area contributed by atoms with Crippen molar-refractivity contribution in [1.82, 2.24) is 14.7 Å². The maximum Gasteiger partial charge on any atom is 0.0446 e. The van der Waals surface area contributed by atoms with Crippen LogP contribution in [0.4, 0.5) is 0 Å². The molecule has 2 saturated heterocycles. The lowest BCUT2D eigenvalue weighted by atomic mass is 9.96. The van der Waals surface area contributed by atoms with Crippen molar-refractivity contribution < 1.29 is 5.11 Å². The number of hydrogen-bond acceptors (Lipinski definition) is 4. The molecule has 4 heteroatoms. The monoisotopic (exact) mass is 387 g/mol. The predicted molar refractivity (Wildman–Crippen MR) is 118 cm³/mol. The molecule has 0 aliphatic carbocycles. The molecule has 2 aliphatic rings. The zero-order chi connectivity index (χ0) is 20.3.